The van der Waals surface area contributed by atoms with Crippen molar-refractivity contribution < 1.29 is 5.11 Å². The molecular formula is C20H26BrN7O. The number of phenols is 1. The van der Waals surface area contributed by atoms with Crippen molar-refractivity contribution in [1.29, 1.82) is 0 Å². The first-order valence-corrected chi connectivity index (χ1v) is 11.0. The third kappa shape index (κ3) is 5.14. The zero-order chi connectivity index (χ0) is 20.1. The van der Waals surface area contributed by atoms with Crippen molar-refractivity contribution in [2.45, 2.75) is 38.5 Å². The molecule has 2 aliphatic heterocycles. The van der Waals surface area contributed by atoms with Gasteiger partial charge in [-0.3, -0.25) is 0 Å². The number of halogens is 1. The smallest absolute Gasteiger partial charge is 0.250 e. The molecule has 0 bridgehead atoms. The van der Waals surface area contributed by atoms with Crippen LogP contribution in [0.25, 0.3) is 0 Å². The summed E-state index contributed by atoms with van der Waals surface area (Å²) in [5.41, 5.74) is 3.53. The van der Waals surface area contributed by atoms with Crippen molar-refractivity contribution in [3.05, 3.63) is 28.2 Å². The largest absolute Gasteiger partial charge is 0.507 e. The highest BCUT2D eigenvalue weighted by atomic mass is 79.9. The lowest BCUT2D eigenvalue weighted by molar-refractivity contribution is 0.474. The molecule has 0 unspecified atom stereocenters. The molecule has 154 valence electrons. The number of rotatable bonds is 5. The summed E-state index contributed by atoms with van der Waals surface area (Å²) in [6.45, 7) is 3.88. The molecule has 0 amide bonds. The average molecular weight is 460 g/mol. The number of nitrogens with one attached hydrogen (secondary N) is 1. The summed E-state index contributed by atoms with van der Waals surface area (Å²) < 4.78 is 0.872. The fourth-order valence-corrected chi connectivity index (χ4v) is 4.04. The van der Waals surface area contributed by atoms with Crippen LogP contribution in [0.5, 0.6) is 5.75 Å². The Labute approximate surface area is 179 Å². The Morgan fingerprint density at radius 1 is 0.897 bits per heavy atom. The molecule has 0 saturated carbocycles. The van der Waals surface area contributed by atoms with E-state index < -0.39 is 0 Å². The van der Waals surface area contributed by atoms with E-state index in [9.17, 15) is 5.11 Å². The summed E-state index contributed by atoms with van der Waals surface area (Å²) in [6, 6.07) is 5.20. The highest BCUT2D eigenvalue weighted by Gasteiger charge is 2.20. The van der Waals surface area contributed by atoms with E-state index in [2.05, 4.69) is 46.2 Å². The molecule has 0 aliphatic carbocycles. The van der Waals surface area contributed by atoms with Crippen LogP contribution in [-0.2, 0) is 0 Å². The molecule has 4 rings (SSSR count). The maximum absolute atomic E-state index is 9.97. The number of hydrogen-bond acceptors (Lipinski definition) is 8. The van der Waals surface area contributed by atoms with E-state index in [4.69, 9.17) is 4.98 Å². The van der Waals surface area contributed by atoms with Crippen molar-refractivity contribution in [2.24, 2.45) is 5.10 Å². The summed E-state index contributed by atoms with van der Waals surface area (Å²) in [6.07, 6.45) is 8.71. The zero-order valence-corrected chi connectivity index (χ0v) is 18.0. The molecule has 0 spiro atoms. The second-order valence-corrected chi connectivity index (χ2v) is 8.34. The van der Waals surface area contributed by atoms with Gasteiger partial charge >= 0.3 is 0 Å². The van der Waals surface area contributed by atoms with Crippen LogP contribution in [0.4, 0.5) is 17.8 Å². The Morgan fingerprint density at radius 2 is 1.48 bits per heavy atom. The number of benzene rings is 1. The number of hydrogen-bond donors (Lipinski definition) is 2. The molecule has 2 aromatic rings. The molecular weight excluding hydrogens is 434 g/mol. The Bertz CT molecular complexity index is 828. The number of piperidine rings is 2. The van der Waals surface area contributed by atoms with Crippen LogP contribution in [0.1, 0.15) is 44.1 Å². The molecule has 3 heterocycles. The fraction of sp³-hybridized carbons (Fsp3) is 0.500. The van der Waals surface area contributed by atoms with Crippen molar-refractivity contribution >= 4 is 40.0 Å². The maximum atomic E-state index is 9.97. The SMILES string of the molecule is Oc1ccc(Br)cc1/C=N/Nc1nc(N2CCCCC2)nc(N2CCCCC2)n1. The lowest BCUT2D eigenvalue weighted by Gasteiger charge is -2.30. The third-order valence-electron chi connectivity index (χ3n) is 5.25. The molecule has 1 aromatic carbocycles. The van der Waals surface area contributed by atoms with E-state index >= 15 is 0 Å². The first-order valence-electron chi connectivity index (χ1n) is 10.2. The van der Waals surface area contributed by atoms with Gasteiger partial charge in [-0.2, -0.15) is 20.1 Å². The molecule has 2 aliphatic rings. The van der Waals surface area contributed by atoms with Gasteiger partial charge in [-0.15, -0.1) is 0 Å². The topological polar surface area (TPSA) is 89.8 Å². The molecule has 0 atom stereocenters. The second-order valence-electron chi connectivity index (χ2n) is 7.43. The summed E-state index contributed by atoms with van der Waals surface area (Å²) >= 11 is 3.40. The lowest BCUT2D eigenvalue weighted by atomic mass is 10.1. The summed E-state index contributed by atoms with van der Waals surface area (Å²) in [4.78, 5) is 18.4. The van der Waals surface area contributed by atoms with Gasteiger partial charge in [-0.1, -0.05) is 15.9 Å². The van der Waals surface area contributed by atoms with Crippen molar-refractivity contribution in [3.63, 3.8) is 0 Å². The van der Waals surface area contributed by atoms with Gasteiger partial charge in [-0.25, -0.2) is 5.43 Å². The molecule has 1 aromatic heterocycles. The van der Waals surface area contributed by atoms with Gasteiger partial charge in [-0.05, 0) is 56.7 Å². The standard InChI is InChI=1S/C20H26BrN7O/c21-16-7-8-17(29)15(13-16)14-22-26-18-23-19(27-9-3-1-4-10-27)25-20(24-18)28-11-5-2-6-12-28/h7-8,13-14,29H,1-6,9-12H2,(H,23,24,25,26)/b22-14+. The van der Waals surface area contributed by atoms with Crippen LogP contribution in [0, 0.1) is 0 Å². The number of nitrogens with zero attached hydrogens (tertiary/aromatic N) is 6. The third-order valence-corrected chi connectivity index (χ3v) is 5.74. The monoisotopic (exact) mass is 459 g/mol. The first-order chi connectivity index (χ1) is 14.2. The van der Waals surface area contributed by atoms with Gasteiger partial charge in [0.2, 0.25) is 17.8 Å². The van der Waals surface area contributed by atoms with E-state index in [0.717, 1.165) is 56.3 Å². The minimum absolute atomic E-state index is 0.164. The quantitative estimate of drug-likeness (QED) is 0.519. The highest BCUT2D eigenvalue weighted by Crippen LogP contribution is 2.23. The van der Waals surface area contributed by atoms with Gasteiger partial charge in [0.25, 0.3) is 0 Å². The number of phenolic OH excluding ortho intramolecular Hbond substituents is 1. The molecule has 2 fully saturated rings. The Kier molecular flexibility index (Phi) is 6.43. The van der Waals surface area contributed by atoms with Gasteiger partial charge in [0.15, 0.2) is 0 Å². The normalized spacial score (nSPS) is 17.7. The van der Waals surface area contributed by atoms with Gasteiger partial charge in [0, 0.05) is 36.2 Å². The van der Waals surface area contributed by atoms with Gasteiger partial charge in [0.1, 0.15) is 5.75 Å². The minimum Gasteiger partial charge on any atom is -0.507 e. The Hall–Kier alpha value is -2.42. The van der Waals surface area contributed by atoms with Gasteiger partial charge in [0.05, 0.1) is 6.21 Å². The van der Waals surface area contributed by atoms with Crippen LogP contribution in [0.3, 0.4) is 0 Å². The number of aromatic hydroxyl groups is 1. The summed E-state index contributed by atoms with van der Waals surface area (Å²) in [5.74, 6) is 2.01. The van der Waals surface area contributed by atoms with Crippen LogP contribution >= 0.6 is 15.9 Å². The molecule has 2 N–H and O–H groups in total. The molecule has 9 heteroatoms. The molecule has 29 heavy (non-hydrogen) atoms. The van der Waals surface area contributed by atoms with E-state index in [1.165, 1.54) is 12.8 Å². The van der Waals surface area contributed by atoms with E-state index in [1.54, 1.807) is 24.4 Å². The highest BCUT2D eigenvalue weighted by molar-refractivity contribution is 9.10. The number of hydrazone groups is 1. The molecule has 0 radical (unpaired) electrons. The maximum Gasteiger partial charge on any atom is 0.250 e. The van der Waals surface area contributed by atoms with Crippen molar-refractivity contribution in [2.75, 3.05) is 41.4 Å². The Morgan fingerprint density at radius 3 is 2.07 bits per heavy atom. The van der Waals surface area contributed by atoms with Crippen LogP contribution in [-0.4, -0.2) is 52.5 Å². The second kappa shape index (κ2) is 9.39. The predicted octanol–water partition coefficient (Wildman–Crippen LogP) is 3.77. The van der Waals surface area contributed by atoms with Crippen molar-refractivity contribution in [1.82, 2.24) is 15.0 Å². The zero-order valence-electron chi connectivity index (χ0n) is 16.4. The van der Waals surface area contributed by atoms with Crippen LogP contribution in [0.15, 0.2) is 27.8 Å². The first kappa shape index (κ1) is 19.9. The molecule has 8 nitrogen and oxygen atoms in total. The van der Waals surface area contributed by atoms with Gasteiger partial charge < -0.3 is 14.9 Å². The van der Waals surface area contributed by atoms with Crippen molar-refractivity contribution in [3.8, 4) is 5.75 Å². The lowest BCUT2D eigenvalue weighted by Crippen LogP contribution is -2.34. The fourth-order valence-electron chi connectivity index (χ4n) is 3.66. The van der Waals surface area contributed by atoms with Crippen LogP contribution < -0.4 is 15.2 Å². The number of anilines is 3. The Balaban J connectivity index is 1.57. The average Bonchev–Trinajstić information content (AvgIpc) is 2.77. The summed E-state index contributed by atoms with van der Waals surface area (Å²) in [7, 11) is 0. The van der Waals surface area contributed by atoms with E-state index in [0.29, 0.717) is 23.4 Å². The van der Waals surface area contributed by atoms with Crippen LogP contribution in [0.2, 0.25) is 0 Å². The predicted molar refractivity (Wildman–Crippen MR) is 119 cm³/mol. The number of aromatic nitrogens is 3. The van der Waals surface area contributed by atoms with E-state index in [1.807, 2.05) is 0 Å². The summed E-state index contributed by atoms with van der Waals surface area (Å²) in [5, 5.41) is 14.2. The molecule has 2 saturated heterocycles. The van der Waals surface area contributed by atoms with E-state index in [-0.39, 0.29) is 5.75 Å². The minimum atomic E-state index is 0.164.